The molecule has 1 aliphatic heterocycles. The first-order chi connectivity index (χ1) is 7.24. The van der Waals surface area contributed by atoms with Crippen molar-refractivity contribution in [1.29, 1.82) is 0 Å². The molecular formula is C11H23N3O. The fourth-order valence-electron chi connectivity index (χ4n) is 1.73. The van der Waals surface area contributed by atoms with Gasteiger partial charge in [-0.15, -0.1) is 0 Å². The van der Waals surface area contributed by atoms with Gasteiger partial charge < -0.3 is 15.5 Å². The standard InChI is InChI=1S/C11H23N3O/c1-3-14(2)9-8-13-11(15)10-6-4-5-7-12-10/h10,12H,3-9H2,1-2H3,(H,13,15)/t10-/m1/s1. The quantitative estimate of drug-likeness (QED) is 0.685. The first kappa shape index (κ1) is 12.5. The van der Waals surface area contributed by atoms with Gasteiger partial charge in [0.15, 0.2) is 0 Å². The van der Waals surface area contributed by atoms with Crippen molar-refractivity contribution < 1.29 is 4.79 Å². The van der Waals surface area contributed by atoms with E-state index in [2.05, 4.69) is 29.5 Å². The summed E-state index contributed by atoms with van der Waals surface area (Å²) in [6.45, 7) is 5.80. The highest BCUT2D eigenvalue weighted by molar-refractivity contribution is 5.81. The number of nitrogens with one attached hydrogen (secondary N) is 2. The van der Waals surface area contributed by atoms with Crippen LogP contribution in [0.5, 0.6) is 0 Å². The van der Waals surface area contributed by atoms with Crippen LogP contribution >= 0.6 is 0 Å². The number of carbonyl (C=O) groups is 1. The van der Waals surface area contributed by atoms with Gasteiger partial charge in [-0.05, 0) is 33.0 Å². The van der Waals surface area contributed by atoms with Crippen LogP contribution in [0.4, 0.5) is 0 Å². The Kier molecular flexibility index (Phi) is 5.65. The Labute approximate surface area is 92.4 Å². The largest absolute Gasteiger partial charge is 0.353 e. The van der Waals surface area contributed by atoms with Crippen LogP contribution in [-0.2, 0) is 4.79 Å². The van der Waals surface area contributed by atoms with Gasteiger partial charge in [-0.2, -0.15) is 0 Å². The van der Waals surface area contributed by atoms with E-state index < -0.39 is 0 Å². The number of likely N-dealkylation sites (N-methyl/N-ethyl adjacent to an activating group) is 1. The maximum atomic E-state index is 11.7. The maximum absolute atomic E-state index is 11.7. The topological polar surface area (TPSA) is 44.4 Å². The molecule has 15 heavy (non-hydrogen) atoms. The molecule has 4 heteroatoms. The molecule has 0 aromatic heterocycles. The monoisotopic (exact) mass is 213 g/mol. The Bertz CT molecular complexity index is 190. The third kappa shape index (κ3) is 4.62. The highest BCUT2D eigenvalue weighted by atomic mass is 16.2. The summed E-state index contributed by atoms with van der Waals surface area (Å²) in [5.74, 6) is 0.166. The van der Waals surface area contributed by atoms with E-state index in [0.29, 0.717) is 0 Å². The van der Waals surface area contributed by atoms with Gasteiger partial charge in [0.25, 0.3) is 0 Å². The smallest absolute Gasteiger partial charge is 0.237 e. The number of hydrogen-bond acceptors (Lipinski definition) is 3. The van der Waals surface area contributed by atoms with Gasteiger partial charge in [0, 0.05) is 13.1 Å². The molecule has 4 nitrogen and oxygen atoms in total. The fourth-order valence-corrected chi connectivity index (χ4v) is 1.73. The Morgan fingerprint density at radius 1 is 1.53 bits per heavy atom. The number of piperidine rings is 1. The lowest BCUT2D eigenvalue weighted by Crippen LogP contribution is -2.47. The summed E-state index contributed by atoms with van der Waals surface area (Å²) in [5, 5.41) is 6.22. The summed E-state index contributed by atoms with van der Waals surface area (Å²) in [7, 11) is 2.06. The molecule has 1 amide bonds. The molecule has 0 radical (unpaired) electrons. The van der Waals surface area contributed by atoms with Crippen molar-refractivity contribution in [3.8, 4) is 0 Å². The molecule has 0 aromatic rings. The van der Waals surface area contributed by atoms with Crippen molar-refractivity contribution in [2.75, 3.05) is 33.2 Å². The van der Waals surface area contributed by atoms with Crippen LogP contribution in [0.2, 0.25) is 0 Å². The third-order valence-electron chi connectivity index (χ3n) is 2.96. The first-order valence-corrected chi connectivity index (χ1v) is 5.93. The normalized spacial score (nSPS) is 21.7. The fraction of sp³-hybridized carbons (Fsp3) is 0.909. The van der Waals surface area contributed by atoms with Crippen LogP contribution in [0.15, 0.2) is 0 Å². The molecule has 1 atom stereocenters. The second kappa shape index (κ2) is 6.80. The highest BCUT2D eigenvalue weighted by Gasteiger charge is 2.19. The predicted octanol–water partition coefficient (Wildman–Crippen LogP) is 0.196. The third-order valence-corrected chi connectivity index (χ3v) is 2.96. The van der Waals surface area contributed by atoms with Crippen LogP contribution < -0.4 is 10.6 Å². The van der Waals surface area contributed by atoms with Crippen LogP contribution in [-0.4, -0.2) is 50.1 Å². The zero-order chi connectivity index (χ0) is 11.1. The van der Waals surface area contributed by atoms with E-state index in [9.17, 15) is 4.79 Å². The van der Waals surface area contributed by atoms with Gasteiger partial charge >= 0.3 is 0 Å². The van der Waals surface area contributed by atoms with E-state index in [1.165, 1.54) is 12.8 Å². The Hall–Kier alpha value is -0.610. The van der Waals surface area contributed by atoms with Gasteiger partial charge in [-0.3, -0.25) is 4.79 Å². The summed E-state index contributed by atoms with van der Waals surface area (Å²) >= 11 is 0. The Balaban J connectivity index is 2.12. The average Bonchev–Trinajstić information content (AvgIpc) is 2.29. The molecule has 1 rings (SSSR count). The zero-order valence-corrected chi connectivity index (χ0v) is 9.88. The van der Waals surface area contributed by atoms with E-state index in [1.54, 1.807) is 0 Å². The molecule has 0 spiro atoms. The van der Waals surface area contributed by atoms with Crippen molar-refractivity contribution in [1.82, 2.24) is 15.5 Å². The van der Waals surface area contributed by atoms with Gasteiger partial charge in [-0.25, -0.2) is 0 Å². The zero-order valence-electron chi connectivity index (χ0n) is 9.88. The Morgan fingerprint density at radius 3 is 2.93 bits per heavy atom. The summed E-state index contributed by atoms with van der Waals surface area (Å²) < 4.78 is 0. The minimum atomic E-state index is 0.0469. The van der Waals surface area contributed by atoms with Gasteiger partial charge in [-0.1, -0.05) is 13.3 Å². The van der Waals surface area contributed by atoms with Gasteiger partial charge in [0.1, 0.15) is 0 Å². The van der Waals surface area contributed by atoms with Crippen LogP contribution in [0.1, 0.15) is 26.2 Å². The van der Waals surface area contributed by atoms with Crippen LogP contribution in [0, 0.1) is 0 Å². The van der Waals surface area contributed by atoms with E-state index >= 15 is 0 Å². The lowest BCUT2D eigenvalue weighted by Gasteiger charge is -2.23. The van der Waals surface area contributed by atoms with Gasteiger partial charge in [0.05, 0.1) is 6.04 Å². The molecule has 0 aliphatic carbocycles. The van der Waals surface area contributed by atoms with Gasteiger partial charge in [0.2, 0.25) is 5.91 Å². The summed E-state index contributed by atoms with van der Waals surface area (Å²) in [4.78, 5) is 13.9. The molecule has 0 saturated carbocycles. The first-order valence-electron chi connectivity index (χ1n) is 5.93. The summed E-state index contributed by atoms with van der Waals surface area (Å²) in [6, 6.07) is 0.0469. The minimum absolute atomic E-state index is 0.0469. The molecule has 1 fully saturated rings. The molecule has 88 valence electrons. The molecular weight excluding hydrogens is 190 g/mol. The number of carbonyl (C=O) groups excluding carboxylic acids is 1. The molecule has 0 bridgehead atoms. The SMILES string of the molecule is CCN(C)CCNC(=O)[C@H]1CCCCN1. The number of rotatable bonds is 5. The number of amides is 1. The van der Waals surface area contributed by atoms with E-state index in [0.717, 1.165) is 32.6 Å². The number of hydrogen-bond donors (Lipinski definition) is 2. The van der Waals surface area contributed by atoms with E-state index in [-0.39, 0.29) is 11.9 Å². The number of nitrogens with zero attached hydrogens (tertiary/aromatic N) is 1. The molecule has 2 N–H and O–H groups in total. The van der Waals surface area contributed by atoms with Crippen LogP contribution in [0.25, 0.3) is 0 Å². The lowest BCUT2D eigenvalue weighted by molar-refractivity contribution is -0.123. The van der Waals surface area contributed by atoms with Crippen molar-refractivity contribution >= 4 is 5.91 Å². The molecule has 1 heterocycles. The van der Waals surface area contributed by atoms with E-state index in [1.807, 2.05) is 0 Å². The Morgan fingerprint density at radius 2 is 2.33 bits per heavy atom. The van der Waals surface area contributed by atoms with Crippen molar-refractivity contribution in [3.63, 3.8) is 0 Å². The average molecular weight is 213 g/mol. The minimum Gasteiger partial charge on any atom is -0.353 e. The van der Waals surface area contributed by atoms with Crippen molar-refractivity contribution in [2.45, 2.75) is 32.2 Å². The summed E-state index contributed by atoms with van der Waals surface area (Å²) in [5.41, 5.74) is 0. The van der Waals surface area contributed by atoms with Crippen molar-refractivity contribution in [2.24, 2.45) is 0 Å². The second-order valence-corrected chi connectivity index (χ2v) is 4.19. The molecule has 1 aliphatic rings. The second-order valence-electron chi connectivity index (χ2n) is 4.19. The molecule has 0 unspecified atom stereocenters. The highest BCUT2D eigenvalue weighted by Crippen LogP contribution is 2.06. The van der Waals surface area contributed by atoms with E-state index in [4.69, 9.17) is 0 Å². The van der Waals surface area contributed by atoms with Crippen LogP contribution in [0.3, 0.4) is 0 Å². The predicted molar refractivity (Wildman–Crippen MR) is 61.8 cm³/mol. The van der Waals surface area contributed by atoms with Crippen molar-refractivity contribution in [3.05, 3.63) is 0 Å². The summed E-state index contributed by atoms with van der Waals surface area (Å²) in [6.07, 6.45) is 3.34. The molecule has 0 aromatic carbocycles. The maximum Gasteiger partial charge on any atom is 0.237 e. The lowest BCUT2D eigenvalue weighted by atomic mass is 10.0. The molecule has 1 saturated heterocycles.